The average Bonchev–Trinajstić information content (AvgIpc) is 2.28. The van der Waals surface area contributed by atoms with E-state index < -0.39 is 5.91 Å². The molecule has 1 aromatic carbocycles. The number of hydrogen-bond donors (Lipinski definition) is 2. The third kappa shape index (κ3) is 5.16. The number of rotatable bonds is 7. The smallest absolute Gasteiger partial charge is 0.243 e. The Bertz CT molecular complexity index is 376. The molecule has 0 aliphatic heterocycles. The van der Waals surface area contributed by atoms with E-state index in [0.29, 0.717) is 0 Å². The molecule has 100 valence electrons. The molecule has 5 nitrogen and oxygen atoms in total. The molecule has 0 aromatic heterocycles. The SMILES string of the molecule is CC(C)Oc1ccc(C(N)COCC(N)=O)cc1. The Morgan fingerprint density at radius 2 is 1.89 bits per heavy atom. The topological polar surface area (TPSA) is 87.6 Å². The molecule has 0 heterocycles. The standard InChI is InChI=1S/C13H20N2O3/c1-9(2)18-11-5-3-10(4-6-11)12(14)7-17-8-13(15)16/h3-6,9,12H,7-8,14H2,1-2H3,(H2,15,16). The Morgan fingerprint density at radius 1 is 1.28 bits per heavy atom. The molecule has 1 amide bonds. The summed E-state index contributed by atoms with van der Waals surface area (Å²) in [7, 11) is 0. The van der Waals surface area contributed by atoms with Crippen LogP contribution in [-0.4, -0.2) is 25.2 Å². The first-order valence-corrected chi connectivity index (χ1v) is 5.87. The number of ether oxygens (including phenoxy) is 2. The van der Waals surface area contributed by atoms with Crippen molar-refractivity contribution in [1.29, 1.82) is 0 Å². The van der Waals surface area contributed by atoms with Gasteiger partial charge >= 0.3 is 0 Å². The van der Waals surface area contributed by atoms with E-state index in [1.807, 2.05) is 38.1 Å². The summed E-state index contributed by atoms with van der Waals surface area (Å²) in [5.74, 6) is 0.307. The van der Waals surface area contributed by atoms with E-state index in [0.717, 1.165) is 11.3 Å². The number of benzene rings is 1. The van der Waals surface area contributed by atoms with Crippen molar-refractivity contribution < 1.29 is 14.3 Å². The molecule has 0 saturated carbocycles. The lowest BCUT2D eigenvalue weighted by Crippen LogP contribution is -2.23. The van der Waals surface area contributed by atoms with Crippen LogP contribution in [-0.2, 0) is 9.53 Å². The van der Waals surface area contributed by atoms with E-state index in [9.17, 15) is 4.79 Å². The van der Waals surface area contributed by atoms with Crippen LogP contribution in [0.15, 0.2) is 24.3 Å². The summed E-state index contributed by atoms with van der Waals surface area (Å²) in [5, 5.41) is 0. The van der Waals surface area contributed by atoms with Crippen molar-refractivity contribution in [2.45, 2.75) is 26.0 Å². The zero-order valence-corrected chi connectivity index (χ0v) is 10.8. The number of hydrogen-bond acceptors (Lipinski definition) is 4. The Hall–Kier alpha value is -1.59. The van der Waals surface area contributed by atoms with Gasteiger partial charge in [0.25, 0.3) is 0 Å². The first-order chi connectivity index (χ1) is 8.49. The Balaban J connectivity index is 2.48. The van der Waals surface area contributed by atoms with Crippen LogP contribution in [0.2, 0.25) is 0 Å². The van der Waals surface area contributed by atoms with Gasteiger partial charge in [0, 0.05) is 0 Å². The largest absolute Gasteiger partial charge is 0.491 e. The summed E-state index contributed by atoms with van der Waals surface area (Å²) in [6, 6.07) is 7.22. The predicted molar refractivity (Wildman–Crippen MR) is 69.1 cm³/mol. The zero-order chi connectivity index (χ0) is 13.5. The van der Waals surface area contributed by atoms with E-state index in [2.05, 4.69) is 0 Å². The van der Waals surface area contributed by atoms with E-state index in [-0.39, 0.29) is 25.4 Å². The third-order valence-electron chi connectivity index (χ3n) is 2.22. The molecule has 0 spiro atoms. The fourth-order valence-electron chi connectivity index (χ4n) is 1.45. The monoisotopic (exact) mass is 252 g/mol. The summed E-state index contributed by atoms with van der Waals surface area (Å²) < 4.78 is 10.6. The normalized spacial score (nSPS) is 12.4. The van der Waals surface area contributed by atoms with Crippen molar-refractivity contribution in [1.82, 2.24) is 0 Å². The molecule has 1 atom stereocenters. The summed E-state index contributed by atoms with van der Waals surface area (Å²) in [4.78, 5) is 10.5. The van der Waals surface area contributed by atoms with Gasteiger partial charge in [-0.05, 0) is 31.5 Å². The minimum absolute atomic E-state index is 0.109. The Morgan fingerprint density at radius 3 is 2.39 bits per heavy atom. The maximum Gasteiger partial charge on any atom is 0.243 e. The van der Waals surface area contributed by atoms with Gasteiger partial charge in [0.2, 0.25) is 5.91 Å². The van der Waals surface area contributed by atoms with Gasteiger partial charge in [-0.25, -0.2) is 0 Å². The highest BCUT2D eigenvalue weighted by Crippen LogP contribution is 2.17. The maximum atomic E-state index is 10.5. The van der Waals surface area contributed by atoms with Crippen molar-refractivity contribution in [3.63, 3.8) is 0 Å². The van der Waals surface area contributed by atoms with Crippen LogP contribution in [0.5, 0.6) is 5.75 Å². The van der Waals surface area contributed by atoms with Gasteiger partial charge < -0.3 is 20.9 Å². The van der Waals surface area contributed by atoms with Crippen LogP contribution in [0.25, 0.3) is 0 Å². The van der Waals surface area contributed by atoms with Crippen LogP contribution in [0, 0.1) is 0 Å². The van der Waals surface area contributed by atoms with E-state index in [1.54, 1.807) is 0 Å². The second kappa shape index (κ2) is 6.98. The molecule has 0 aliphatic rings. The van der Waals surface area contributed by atoms with Crippen molar-refractivity contribution >= 4 is 5.91 Å². The van der Waals surface area contributed by atoms with Gasteiger partial charge in [-0.1, -0.05) is 12.1 Å². The average molecular weight is 252 g/mol. The predicted octanol–water partition coefficient (Wildman–Crippen LogP) is 0.975. The summed E-state index contributed by atoms with van der Waals surface area (Å²) >= 11 is 0. The summed E-state index contributed by atoms with van der Waals surface area (Å²) in [6.45, 7) is 4.09. The molecular weight excluding hydrogens is 232 g/mol. The molecule has 4 N–H and O–H groups in total. The molecule has 0 bridgehead atoms. The molecule has 18 heavy (non-hydrogen) atoms. The van der Waals surface area contributed by atoms with Crippen LogP contribution >= 0.6 is 0 Å². The summed E-state index contributed by atoms with van der Waals surface area (Å²) in [6.07, 6.45) is 0.142. The first kappa shape index (κ1) is 14.5. The molecule has 1 unspecified atom stereocenters. The van der Waals surface area contributed by atoms with Gasteiger partial charge in [-0.2, -0.15) is 0 Å². The van der Waals surface area contributed by atoms with E-state index in [1.165, 1.54) is 0 Å². The van der Waals surface area contributed by atoms with Gasteiger partial charge in [0.1, 0.15) is 12.4 Å². The van der Waals surface area contributed by atoms with Crippen LogP contribution in [0.3, 0.4) is 0 Å². The van der Waals surface area contributed by atoms with Gasteiger partial charge in [-0.3, -0.25) is 4.79 Å². The minimum Gasteiger partial charge on any atom is -0.491 e. The molecule has 0 saturated heterocycles. The molecule has 0 radical (unpaired) electrons. The Kier molecular flexibility index (Phi) is 5.61. The van der Waals surface area contributed by atoms with Crippen molar-refractivity contribution in [2.24, 2.45) is 11.5 Å². The molecular formula is C13H20N2O3. The number of carbonyl (C=O) groups excluding carboxylic acids is 1. The maximum absolute atomic E-state index is 10.5. The van der Waals surface area contributed by atoms with Gasteiger partial charge in [0.15, 0.2) is 0 Å². The molecule has 5 heteroatoms. The number of carbonyl (C=O) groups is 1. The second-order valence-corrected chi connectivity index (χ2v) is 4.32. The zero-order valence-electron chi connectivity index (χ0n) is 10.8. The molecule has 0 fully saturated rings. The first-order valence-electron chi connectivity index (χ1n) is 5.87. The van der Waals surface area contributed by atoms with Crippen LogP contribution in [0.1, 0.15) is 25.5 Å². The lowest BCUT2D eigenvalue weighted by atomic mass is 10.1. The van der Waals surface area contributed by atoms with Crippen LogP contribution in [0.4, 0.5) is 0 Å². The van der Waals surface area contributed by atoms with Crippen molar-refractivity contribution in [2.75, 3.05) is 13.2 Å². The lowest BCUT2D eigenvalue weighted by molar-refractivity contribution is -0.122. The quantitative estimate of drug-likeness (QED) is 0.757. The number of amides is 1. The fraction of sp³-hybridized carbons (Fsp3) is 0.462. The van der Waals surface area contributed by atoms with Gasteiger partial charge in [0.05, 0.1) is 18.8 Å². The number of primary amides is 1. The van der Waals surface area contributed by atoms with Gasteiger partial charge in [-0.15, -0.1) is 0 Å². The molecule has 1 aromatic rings. The highest BCUT2D eigenvalue weighted by atomic mass is 16.5. The lowest BCUT2D eigenvalue weighted by Gasteiger charge is -2.14. The molecule has 1 rings (SSSR count). The Labute approximate surface area is 107 Å². The third-order valence-corrected chi connectivity index (χ3v) is 2.22. The highest BCUT2D eigenvalue weighted by molar-refractivity contribution is 5.74. The molecule has 0 aliphatic carbocycles. The highest BCUT2D eigenvalue weighted by Gasteiger charge is 2.07. The number of nitrogens with two attached hydrogens (primary N) is 2. The van der Waals surface area contributed by atoms with Crippen molar-refractivity contribution in [3.8, 4) is 5.75 Å². The van der Waals surface area contributed by atoms with E-state index >= 15 is 0 Å². The van der Waals surface area contributed by atoms with Crippen molar-refractivity contribution in [3.05, 3.63) is 29.8 Å². The van der Waals surface area contributed by atoms with Crippen LogP contribution < -0.4 is 16.2 Å². The van der Waals surface area contributed by atoms with E-state index in [4.69, 9.17) is 20.9 Å². The minimum atomic E-state index is -0.497. The summed E-state index contributed by atoms with van der Waals surface area (Å²) in [5.41, 5.74) is 11.8. The fourth-order valence-corrected chi connectivity index (χ4v) is 1.45. The second-order valence-electron chi connectivity index (χ2n) is 4.32.